The summed E-state index contributed by atoms with van der Waals surface area (Å²) >= 11 is 0. The average molecular weight is 529 g/mol. The Morgan fingerprint density at radius 2 is 1.17 bits per heavy atom. The van der Waals surface area contributed by atoms with E-state index in [2.05, 4.69) is 0 Å². The van der Waals surface area contributed by atoms with Crippen LogP contribution in [0, 0.1) is 11.6 Å². The summed E-state index contributed by atoms with van der Waals surface area (Å²) in [6.45, 7) is 5.78. The zero-order chi connectivity index (χ0) is 26.0. The molecule has 4 aromatic rings. The summed E-state index contributed by atoms with van der Waals surface area (Å²) in [5.41, 5.74) is -0.426. The molecule has 36 heavy (non-hydrogen) atoms. The number of benzene rings is 4. The Morgan fingerprint density at radius 1 is 0.667 bits per heavy atom. The summed E-state index contributed by atoms with van der Waals surface area (Å²) in [7, 11) is -7.61. The van der Waals surface area contributed by atoms with E-state index in [0.29, 0.717) is 26.5 Å². The first-order chi connectivity index (χ1) is 17.0. The van der Waals surface area contributed by atoms with Gasteiger partial charge < -0.3 is 4.74 Å². The molecule has 0 fully saturated rings. The third kappa shape index (κ3) is 5.46. The maximum atomic E-state index is 14.6. The van der Waals surface area contributed by atoms with Crippen LogP contribution in [-0.4, -0.2) is 14.0 Å². The summed E-state index contributed by atoms with van der Waals surface area (Å²) < 4.78 is 67.3. The molecule has 4 aromatic carbocycles. The van der Waals surface area contributed by atoms with Crippen LogP contribution in [0.3, 0.4) is 0 Å². The van der Waals surface area contributed by atoms with Crippen LogP contribution in [0.4, 0.5) is 8.78 Å². The lowest BCUT2D eigenvalue weighted by atomic mass is 10.2. The number of rotatable bonds is 7. The first-order valence-electron chi connectivity index (χ1n) is 11.2. The van der Waals surface area contributed by atoms with Gasteiger partial charge in [-0.3, -0.25) is 0 Å². The van der Waals surface area contributed by atoms with E-state index < -0.39 is 42.6 Å². The molecular weight excluding hydrogens is 502 g/mol. The van der Waals surface area contributed by atoms with E-state index in [-0.39, 0.29) is 0 Å². The highest BCUT2D eigenvalue weighted by molar-refractivity contribution is 8.33. The molecule has 0 amide bonds. The number of halogens is 2. The molecule has 0 bridgehead atoms. The Hall–Kier alpha value is -3.20. The highest BCUT2D eigenvalue weighted by atomic mass is 32.3. The van der Waals surface area contributed by atoms with Gasteiger partial charge in [0.2, 0.25) is 0 Å². The standard InChI is InChI=1S/C28H26F2O4S2/c1-28(2,3)33-22-15-17-25(18-16-22)35(23-10-6-4-7-11-23,24-12-8-5-9-13-24)34-36(31,32)27-19-14-21(29)20-26(27)30/h4-20H,1-3H3. The van der Waals surface area contributed by atoms with Crippen molar-refractivity contribution < 1.29 is 25.6 Å². The van der Waals surface area contributed by atoms with Gasteiger partial charge in [0.1, 0.15) is 27.9 Å². The zero-order valence-corrected chi connectivity index (χ0v) is 21.7. The Balaban J connectivity index is 1.96. The van der Waals surface area contributed by atoms with Gasteiger partial charge in [-0.25, -0.2) is 12.4 Å². The van der Waals surface area contributed by atoms with Crippen LogP contribution in [-0.2, 0) is 13.7 Å². The molecule has 0 spiro atoms. The van der Waals surface area contributed by atoms with E-state index in [0.717, 1.165) is 12.1 Å². The van der Waals surface area contributed by atoms with E-state index in [9.17, 15) is 17.2 Å². The predicted molar refractivity (Wildman–Crippen MR) is 137 cm³/mol. The second kappa shape index (κ2) is 10.0. The lowest BCUT2D eigenvalue weighted by molar-refractivity contribution is 0.131. The number of hydrogen-bond donors (Lipinski definition) is 0. The lowest BCUT2D eigenvalue weighted by Crippen LogP contribution is -2.22. The van der Waals surface area contributed by atoms with Crippen molar-refractivity contribution in [3.63, 3.8) is 0 Å². The quantitative estimate of drug-likeness (QED) is 0.246. The van der Waals surface area contributed by atoms with E-state index in [1.54, 1.807) is 72.8 Å². The van der Waals surface area contributed by atoms with Crippen molar-refractivity contribution in [3.05, 3.63) is 115 Å². The SMILES string of the molecule is CC(C)(C)Oc1ccc(S(OS(=O)(=O)c2ccc(F)cc2F)(c2ccccc2)c2ccccc2)cc1. The first-order valence-corrected chi connectivity index (χ1v) is 14.1. The van der Waals surface area contributed by atoms with E-state index in [4.69, 9.17) is 8.37 Å². The van der Waals surface area contributed by atoms with Crippen molar-refractivity contribution in [2.45, 2.75) is 46.0 Å². The Labute approximate surface area is 212 Å². The summed E-state index contributed by atoms with van der Waals surface area (Å²) in [4.78, 5) is 1.01. The topological polar surface area (TPSA) is 52.6 Å². The van der Waals surface area contributed by atoms with Gasteiger partial charge >= 0.3 is 10.1 Å². The lowest BCUT2D eigenvalue weighted by Gasteiger charge is -2.39. The van der Waals surface area contributed by atoms with E-state index >= 15 is 0 Å². The normalized spacial score (nSPS) is 12.8. The largest absolute Gasteiger partial charge is 0.488 e. The van der Waals surface area contributed by atoms with Crippen molar-refractivity contribution >= 4 is 20.4 Å². The van der Waals surface area contributed by atoms with Gasteiger partial charge in [-0.1, -0.05) is 36.4 Å². The monoisotopic (exact) mass is 528 g/mol. The molecule has 0 heterocycles. The highest BCUT2D eigenvalue weighted by Crippen LogP contribution is 2.70. The predicted octanol–water partition coefficient (Wildman–Crippen LogP) is 7.74. The average Bonchev–Trinajstić information content (AvgIpc) is 2.83. The van der Waals surface area contributed by atoms with Crippen LogP contribution in [0.2, 0.25) is 0 Å². The summed E-state index contributed by atoms with van der Waals surface area (Å²) in [5, 5.41) is 0. The fraction of sp³-hybridized carbons (Fsp3) is 0.143. The van der Waals surface area contributed by atoms with Crippen LogP contribution in [0.5, 0.6) is 5.75 Å². The van der Waals surface area contributed by atoms with Crippen LogP contribution >= 0.6 is 10.3 Å². The van der Waals surface area contributed by atoms with Crippen molar-refractivity contribution in [3.8, 4) is 5.75 Å². The van der Waals surface area contributed by atoms with Crippen molar-refractivity contribution in [2.24, 2.45) is 0 Å². The maximum absolute atomic E-state index is 14.6. The third-order valence-corrected chi connectivity index (χ3v) is 10.3. The molecular formula is C28H26F2O4S2. The molecule has 0 atom stereocenters. The minimum Gasteiger partial charge on any atom is -0.488 e. The fourth-order valence-electron chi connectivity index (χ4n) is 3.65. The van der Waals surface area contributed by atoms with Gasteiger partial charge in [-0.15, -0.1) is 0 Å². The molecule has 0 aromatic heterocycles. The zero-order valence-electron chi connectivity index (χ0n) is 20.0. The van der Waals surface area contributed by atoms with Gasteiger partial charge in [-0.2, -0.15) is 8.42 Å². The molecule has 0 aliphatic heterocycles. The third-order valence-electron chi connectivity index (χ3n) is 5.08. The Morgan fingerprint density at radius 3 is 1.64 bits per heavy atom. The first kappa shape index (κ1) is 25.9. The smallest absolute Gasteiger partial charge is 0.310 e. The van der Waals surface area contributed by atoms with Gasteiger partial charge in [0.05, 0.1) is 0 Å². The van der Waals surface area contributed by atoms with Gasteiger partial charge in [0.25, 0.3) is 0 Å². The van der Waals surface area contributed by atoms with Crippen molar-refractivity contribution in [1.29, 1.82) is 0 Å². The minimum absolute atomic E-state index is 0.426. The van der Waals surface area contributed by atoms with Crippen molar-refractivity contribution in [1.82, 2.24) is 0 Å². The van der Waals surface area contributed by atoms with Crippen LogP contribution in [0.1, 0.15) is 20.8 Å². The van der Waals surface area contributed by atoms with Crippen LogP contribution in [0.15, 0.2) is 123 Å². The molecule has 188 valence electrons. The molecule has 4 nitrogen and oxygen atoms in total. The number of ether oxygens (including phenoxy) is 1. The van der Waals surface area contributed by atoms with E-state index in [1.165, 1.54) is 0 Å². The Kier molecular flexibility index (Phi) is 7.22. The highest BCUT2D eigenvalue weighted by Gasteiger charge is 2.39. The van der Waals surface area contributed by atoms with Gasteiger partial charge in [-0.05, 0) is 91.7 Å². The molecule has 0 N–H and O–H groups in total. The molecule has 0 saturated heterocycles. The molecule has 8 heteroatoms. The molecule has 4 rings (SSSR count). The summed E-state index contributed by atoms with van der Waals surface area (Å²) in [6.07, 6.45) is 0. The summed E-state index contributed by atoms with van der Waals surface area (Å²) in [5.74, 6) is -1.50. The molecule has 0 aliphatic rings. The van der Waals surface area contributed by atoms with Gasteiger partial charge in [0, 0.05) is 20.8 Å². The summed E-state index contributed by atoms with van der Waals surface area (Å²) in [6, 6.07) is 27.2. The Bertz CT molecular complexity index is 1400. The van der Waals surface area contributed by atoms with Gasteiger partial charge in [0.15, 0.2) is 0 Å². The molecule has 0 aliphatic carbocycles. The fourth-order valence-corrected chi connectivity index (χ4v) is 8.91. The van der Waals surface area contributed by atoms with Crippen LogP contribution < -0.4 is 4.74 Å². The second-order valence-corrected chi connectivity index (χ2v) is 13.4. The molecule has 0 unspecified atom stereocenters. The van der Waals surface area contributed by atoms with E-state index in [1.807, 2.05) is 32.9 Å². The number of hydrogen-bond acceptors (Lipinski definition) is 4. The van der Waals surface area contributed by atoms with Crippen molar-refractivity contribution in [2.75, 3.05) is 0 Å². The molecule has 0 radical (unpaired) electrons. The minimum atomic E-state index is -4.68. The maximum Gasteiger partial charge on any atom is 0.310 e. The van der Waals surface area contributed by atoms with Crippen LogP contribution in [0.25, 0.3) is 0 Å². The molecule has 0 saturated carbocycles. The second-order valence-electron chi connectivity index (χ2n) is 8.97.